The van der Waals surface area contributed by atoms with Crippen LogP contribution in [-0.4, -0.2) is 39.8 Å². The maximum absolute atomic E-state index is 12.8. The normalized spacial score (nSPS) is 12.9. The minimum atomic E-state index is -3.69. The number of carbonyl (C=O) groups is 1. The summed E-state index contributed by atoms with van der Waals surface area (Å²) in [6.45, 7) is 1.76. The van der Waals surface area contributed by atoms with E-state index in [-0.39, 0.29) is 15.5 Å². The third-order valence-electron chi connectivity index (χ3n) is 4.48. The van der Waals surface area contributed by atoms with Crippen LogP contribution in [0.15, 0.2) is 51.8 Å². The minimum Gasteiger partial charge on any atom is -0.493 e. The molecule has 0 aliphatic heterocycles. The molecule has 0 radical (unpaired) electrons. The number of amides is 1. The molecule has 1 unspecified atom stereocenters. The lowest BCUT2D eigenvalue weighted by Gasteiger charge is -2.15. The van der Waals surface area contributed by atoms with E-state index in [1.807, 2.05) is 18.2 Å². The molecule has 0 spiro atoms. The lowest BCUT2D eigenvalue weighted by atomic mass is 10.1. The Kier molecular flexibility index (Phi) is 5.88. The van der Waals surface area contributed by atoms with Crippen molar-refractivity contribution in [2.45, 2.75) is 17.9 Å². The summed E-state index contributed by atoms with van der Waals surface area (Å²) in [5.74, 6) is 0.619. The molecule has 0 aliphatic carbocycles. The molecule has 1 amide bonds. The third kappa shape index (κ3) is 4.10. The molecule has 7 nitrogen and oxygen atoms in total. The number of carbonyl (C=O) groups excluding carboxylic acids is 1. The first-order valence-electron chi connectivity index (χ1n) is 8.74. The Balaban J connectivity index is 1.88. The fourth-order valence-electron chi connectivity index (χ4n) is 2.83. The zero-order valence-corrected chi connectivity index (χ0v) is 18.0. The van der Waals surface area contributed by atoms with Crippen molar-refractivity contribution < 1.29 is 22.4 Å². The highest BCUT2D eigenvalue weighted by Gasteiger charge is 2.22. The number of rotatable bonds is 6. The van der Waals surface area contributed by atoms with Gasteiger partial charge >= 0.3 is 0 Å². The van der Waals surface area contributed by atoms with Crippen molar-refractivity contribution in [1.82, 2.24) is 9.62 Å². The number of furan rings is 1. The van der Waals surface area contributed by atoms with Crippen LogP contribution in [0.5, 0.6) is 5.75 Å². The molecule has 154 valence electrons. The van der Waals surface area contributed by atoms with Crippen LogP contribution in [0, 0.1) is 0 Å². The molecule has 1 N–H and O–H groups in total. The summed E-state index contributed by atoms with van der Waals surface area (Å²) in [7, 11) is 0.698. The standard InChI is InChI=1S/C20H21ClN2O5S/c1-12(18-10-13-6-5-7-17(27-4)19(13)28-18)22-20(24)15-11-14(8-9-16(15)21)29(25,26)23(2)3/h5-12H,1-4H3,(H,22,24). The van der Waals surface area contributed by atoms with Gasteiger partial charge in [0.1, 0.15) is 5.76 Å². The first-order valence-corrected chi connectivity index (χ1v) is 10.6. The zero-order chi connectivity index (χ0) is 21.3. The van der Waals surface area contributed by atoms with Crippen LogP contribution < -0.4 is 10.1 Å². The molecule has 0 bridgehead atoms. The van der Waals surface area contributed by atoms with Gasteiger partial charge in [0, 0.05) is 19.5 Å². The first-order chi connectivity index (χ1) is 13.6. The van der Waals surface area contributed by atoms with Crippen LogP contribution in [0.2, 0.25) is 5.02 Å². The smallest absolute Gasteiger partial charge is 0.253 e. The lowest BCUT2D eigenvalue weighted by Crippen LogP contribution is -2.27. The van der Waals surface area contributed by atoms with Gasteiger partial charge in [-0.3, -0.25) is 4.79 Å². The van der Waals surface area contributed by atoms with Gasteiger partial charge in [-0.15, -0.1) is 0 Å². The second-order valence-electron chi connectivity index (χ2n) is 6.65. The van der Waals surface area contributed by atoms with Crippen molar-refractivity contribution in [2.24, 2.45) is 0 Å². The van der Waals surface area contributed by atoms with Crippen molar-refractivity contribution in [2.75, 3.05) is 21.2 Å². The van der Waals surface area contributed by atoms with E-state index in [1.54, 1.807) is 20.1 Å². The van der Waals surface area contributed by atoms with Gasteiger partial charge in [0.05, 0.1) is 28.6 Å². The van der Waals surface area contributed by atoms with E-state index in [4.69, 9.17) is 20.8 Å². The first kappa shape index (κ1) is 21.2. The van der Waals surface area contributed by atoms with E-state index in [0.717, 1.165) is 9.69 Å². The average Bonchev–Trinajstić information content (AvgIpc) is 3.12. The van der Waals surface area contributed by atoms with Gasteiger partial charge in [-0.2, -0.15) is 0 Å². The van der Waals surface area contributed by atoms with Crippen molar-refractivity contribution in [3.05, 3.63) is 58.8 Å². The maximum Gasteiger partial charge on any atom is 0.253 e. The summed E-state index contributed by atoms with van der Waals surface area (Å²) in [6, 6.07) is 10.9. The summed E-state index contributed by atoms with van der Waals surface area (Å²) in [4.78, 5) is 12.8. The summed E-state index contributed by atoms with van der Waals surface area (Å²) in [5, 5.41) is 3.79. The fourth-order valence-corrected chi connectivity index (χ4v) is 3.96. The largest absolute Gasteiger partial charge is 0.493 e. The van der Waals surface area contributed by atoms with Gasteiger partial charge in [0.15, 0.2) is 11.3 Å². The number of sulfonamides is 1. The van der Waals surface area contributed by atoms with Crippen molar-refractivity contribution in [1.29, 1.82) is 0 Å². The number of methoxy groups -OCH3 is 1. The second kappa shape index (κ2) is 8.06. The molecule has 9 heteroatoms. The number of nitrogens with one attached hydrogen (secondary N) is 1. The van der Waals surface area contributed by atoms with E-state index in [9.17, 15) is 13.2 Å². The predicted octanol–water partition coefficient (Wildman–Crippen LogP) is 3.84. The van der Waals surface area contributed by atoms with Crippen LogP contribution in [0.25, 0.3) is 11.0 Å². The minimum absolute atomic E-state index is 0.0156. The van der Waals surface area contributed by atoms with Gasteiger partial charge in [-0.25, -0.2) is 12.7 Å². The Morgan fingerprint density at radius 1 is 1.21 bits per heavy atom. The number of hydrogen-bond acceptors (Lipinski definition) is 5. The highest BCUT2D eigenvalue weighted by atomic mass is 35.5. The molecule has 1 heterocycles. The van der Waals surface area contributed by atoms with Gasteiger partial charge in [0.25, 0.3) is 5.91 Å². The Hall–Kier alpha value is -2.55. The van der Waals surface area contributed by atoms with E-state index >= 15 is 0 Å². The number of hydrogen-bond donors (Lipinski definition) is 1. The van der Waals surface area contributed by atoms with Gasteiger partial charge in [0.2, 0.25) is 10.0 Å². The fraction of sp³-hybridized carbons (Fsp3) is 0.250. The monoisotopic (exact) mass is 436 g/mol. The van der Waals surface area contributed by atoms with E-state index in [1.165, 1.54) is 32.3 Å². The molecule has 0 aliphatic rings. The summed E-state index contributed by atoms with van der Waals surface area (Å²) >= 11 is 6.14. The summed E-state index contributed by atoms with van der Waals surface area (Å²) in [5.41, 5.74) is 0.651. The molecule has 0 saturated heterocycles. The lowest BCUT2D eigenvalue weighted by molar-refractivity contribution is 0.0935. The molecule has 0 saturated carbocycles. The van der Waals surface area contributed by atoms with Crippen LogP contribution in [0.3, 0.4) is 0 Å². The van der Waals surface area contributed by atoms with Gasteiger partial charge in [-0.1, -0.05) is 23.7 Å². The molecule has 2 aromatic carbocycles. The van der Waals surface area contributed by atoms with Crippen LogP contribution in [-0.2, 0) is 10.0 Å². The third-order valence-corrected chi connectivity index (χ3v) is 6.62. The topological polar surface area (TPSA) is 88.8 Å². The summed E-state index contributed by atoms with van der Waals surface area (Å²) in [6.07, 6.45) is 0. The van der Waals surface area contributed by atoms with Crippen molar-refractivity contribution >= 4 is 38.5 Å². The Bertz CT molecular complexity index is 1170. The molecule has 0 fully saturated rings. The average molecular weight is 437 g/mol. The number of nitrogens with zero attached hydrogens (tertiary/aromatic N) is 1. The van der Waals surface area contributed by atoms with Crippen molar-refractivity contribution in [3.8, 4) is 5.75 Å². The number of benzene rings is 2. The Morgan fingerprint density at radius 2 is 1.93 bits per heavy atom. The molecular formula is C20H21ClN2O5S. The van der Waals surface area contributed by atoms with Crippen LogP contribution in [0.1, 0.15) is 29.1 Å². The molecular weight excluding hydrogens is 416 g/mol. The van der Waals surface area contributed by atoms with E-state index in [2.05, 4.69) is 5.32 Å². The number of fused-ring (bicyclic) bond motifs is 1. The molecule has 3 rings (SSSR count). The van der Waals surface area contributed by atoms with Gasteiger partial charge in [-0.05, 0) is 37.3 Å². The summed E-state index contributed by atoms with van der Waals surface area (Å²) < 4.78 is 36.9. The highest BCUT2D eigenvalue weighted by molar-refractivity contribution is 7.89. The molecule has 1 atom stereocenters. The Labute approximate surface area is 174 Å². The SMILES string of the molecule is COc1cccc2cc(C(C)NC(=O)c3cc(S(=O)(=O)N(C)C)ccc3Cl)oc12. The van der Waals surface area contributed by atoms with Crippen molar-refractivity contribution in [3.63, 3.8) is 0 Å². The quantitative estimate of drug-likeness (QED) is 0.634. The zero-order valence-electron chi connectivity index (χ0n) is 16.4. The van der Waals surface area contributed by atoms with Crippen LogP contribution in [0.4, 0.5) is 0 Å². The Morgan fingerprint density at radius 3 is 2.59 bits per heavy atom. The number of halogens is 1. The molecule has 3 aromatic rings. The number of para-hydroxylation sites is 1. The van der Waals surface area contributed by atoms with Gasteiger partial charge < -0.3 is 14.5 Å². The highest BCUT2D eigenvalue weighted by Crippen LogP contribution is 2.31. The maximum atomic E-state index is 12.8. The van der Waals surface area contributed by atoms with E-state index in [0.29, 0.717) is 17.1 Å². The second-order valence-corrected chi connectivity index (χ2v) is 9.21. The predicted molar refractivity (Wildman–Crippen MR) is 111 cm³/mol. The molecule has 1 aromatic heterocycles. The molecule has 29 heavy (non-hydrogen) atoms. The number of ether oxygens (including phenoxy) is 1. The van der Waals surface area contributed by atoms with E-state index < -0.39 is 22.0 Å². The van der Waals surface area contributed by atoms with Crippen LogP contribution >= 0.6 is 11.6 Å².